The molecule has 0 amide bonds. The highest BCUT2D eigenvalue weighted by molar-refractivity contribution is 5.40. The smallest absolute Gasteiger partial charge is 0.389 e. The zero-order valence-electron chi connectivity index (χ0n) is 28.8. The first kappa shape index (κ1) is 34.5. The third kappa shape index (κ3) is 8.10. The topological polar surface area (TPSA) is 35.5 Å². The number of fused-ring (bicyclic) bond motifs is 1. The quantitative estimate of drug-likeness (QED) is 0.215. The predicted octanol–water partition coefficient (Wildman–Crippen LogP) is 8.97. The molecule has 0 spiro atoms. The van der Waals surface area contributed by atoms with E-state index in [4.69, 9.17) is 0 Å². The maximum atomic E-state index is 14.3. The normalized spacial score (nSPS) is 40.8. The summed E-state index contributed by atoms with van der Waals surface area (Å²) in [6, 6.07) is 0. The molecule has 6 heteroatoms. The fourth-order valence-electron chi connectivity index (χ4n) is 10.3. The largest absolute Gasteiger partial charge is 0.392 e. The first-order valence-corrected chi connectivity index (χ1v) is 19.1. The van der Waals surface area contributed by atoms with Crippen molar-refractivity contribution in [2.45, 2.75) is 110 Å². The molecule has 4 aliphatic carbocycles. The lowest BCUT2D eigenvalue weighted by molar-refractivity contribution is -0.201. The zero-order chi connectivity index (χ0) is 32.4. The molecule has 2 aliphatic heterocycles. The van der Waals surface area contributed by atoms with Crippen molar-refractivity contribution in [2.75, 3.05) is 32.7 Å². The lowest BCUT2D eigenvalue weighted by Crippen LogP contribution is -2.44. The minimum Gasteiger partial charge on any atom is -0.389 e. The van der Waals surface area contributed by atoms with Gasteiger partial charge < -0.3 is 15.3 Å². The lowest BCUT2D eigenvalue weighted by Gasteiger charge is -2.41. The predicted molar refractivity (Wildman–Crippen MR) is 181 cm³/mol. The van der Waals surface area contributed by atoms with Gasteiger partial charge in [0.2, 0.25) is 0 Å². The SMILES string of the molecule is CC1CCN(CC2CCC(C=CC(O)C3CCC(C)C(C4=C=CC(C)C5CCC(C6CCNC6)CC=C45)C3)CC2C(F)(F)F)CC1. The number of aliphatic hydroxyl groups excluding tert-OH is 1. The summed E-state index contributed by atoms with van der Waals surface area (Å²) in [6.07, 6.45) is 15.8. The molecule has 2 heterocycles. The van der Waals surface area contributed by atoms with Crippen molar-refractivity contribution in [3.05, 3.63) is 41.2 Å². The second-order valence-electron chi connectivity index (χ2n) is 16.7. The maximum absolute atomic E-state index is 14.3. The molecule has 2 saturated carbocycles. The number of hydrogen-bond donors (Lipinski definition) is 2. The molecule has 0 radical (unpaired) electrons. The highest BCUT2D eigenvalue weighted by Crippen LogP contribution is 2.49. The standard InChI is InChI=1S/C40H61F3N2O/c1-26-17-20-45(21-18-26)25-33-9-6-29(22-38(33)40(41,42)43)7-15-39(46)31-8-4-28(3)37(23-31)36-12-5-27(2)34-13-10-30(11-14-35(34)36)32-16-19-44-24-32/h5,7,14-15,26-34,37-39,44,46H,4,6,8-11,13,16-25H2,1-3H3. The Labute approximate surface area is 277 Å². The van der Waals surface area contributed by atoms with E-state index in [-0.39, 0.29) is 24.2 Å². The van der Waals surface area contributed by atoms with Crippen LogP contribution in [-0.4, -0.2) is 55.0 Å². The van der Waals surface area contributed by atoms with Gasteiger partial charge in [0.15, 0.2) is 0 Å². The van der Waals surface area contributed by atoms with Crippen LogP contribution in [0.2, 0.25) is 0 Å². The van der Waals surface area contributed by atoms with Crippen LogP contribution in [0.25, 0.3) is 0 Å². The molecule has 6 aliphatic rings. The van der Waals surface area contributed by atoms with E-state index in [0.29, 0.717) is 42.6 Å². The lowest BCUT2D eigenvalue weighted by atomic mass is 9.65. The average Bonchev–Trinajstić information content (AvgIpc) is 3.48. The molecule has 6 rings (SSSR count). The van der Waals surface area contributed by atoms with Crippen LogP contribution >= 0.6 is 0 Å². The van der Waals surface area contributed by atoms with Gasteiger partial charge in [-0.1, -0.05) is 39.0 Å². The van der Waals surface area contributed by atoms with Crippen LogP contribution in [0.15, 0.2) is 41.2 Å². The van der Waals surface area contributed by atoms with Gasteiger partial charge in [-0.3, -0.25) is 0 Å². The van der Waals surface area contributed by atoms with Crippen molar-refractivity contribution in [3.63, 3.8) is 0 Å². The molecule has 2 saturated heterocycles. The summed E-state index contributed by atoms with van der Waals surface area (Å²) in [4.78, 5) is 2.28. The average molecular weight is 643 g/mol. The molecular formula is C40H61F3N2O. The number of piperidine rings is 1. The van der Waals surface area contributed by atoms with E-state index in [2.05, 4.69) is 48.9 Å². The Morgan fingerprint density at radius 2 is 1.76 bits per heavy atom. The number of allylic oxidation sites excluding steroid dienone is 4. The van der Waals surface area contributed by atoms with Crippen LogP contribution in [0.4, 0.5) is 13.2 Å². The van der Waals surface area contributed by atoms with E-state index in [0.717, 1.165) is 76.5 Å². The second kappa shape index (κ2) is 15.1. The molecule has 0 aromatic heterocycles. The van der Waals surface area contributed by atoms with Gasteiger partial charge in [-0.2, -0.15) is 13.2 Å². The first-order valence-electron chi connectivity index (χ1n) is 19.1. The monoisotopic (exact) mass is 642 g/mol. The Balaban J connectivity index is 1.09. The van der Waals surface area contributed by atoms with Crippen molar-refractivity contribution in [1.29, 1.82) is 0 Å². The number of hydrogen-bond acceptors (Lipinski definition) is 3. The summed E-state index contributed by atoms with van der Waals surface area (Å²) in [5.74, 6) is 2.74. The zero-order valence-corrected chi connectivity index (χ0v) is 28.8. The van der Waals surface area contributed by atoms with Gasteiger partial charge in [-0.05, 0) is 174 Å². The van der Waals surface area contributed by atoms with E-state index in [1.807, 2.05) is 12.2 Å². The van der Waals surface area contributed by atoms with Gasteiger partial charge >= 0.3 is 6.18 Å². The number of likely N-dealkylation sites (tertiary alicyclic amines) is 1. The fraction of sp³-hybridized carbons (Fsp3) is 0.825. The Hall–Kier alpha value is -1.33. The molecule has 2 N–H and O–H groups in total. The van der Waals surface area contributed by atoms with E-state index in [1.54, 1.807) is 5.57 Å². The number of nitrogens with one attached hydrogen (secondary N) is 1. The van der Waals surface area contributed by atoms with E-state index in [9.17, 15) is 18.3 Å². The summed E-state index contributed by atoms with van der Waals surface area (Å²) in [5, 5.41) is 15.0. The molecule has 11 atom stereocenters. The molecule has 258 valence electrons. The first-order chi connectivity index (χ1) is 22.1. The Morgan fingerprint density at radius 1 is 0.957 bits per heavy atom. The van der Waals surface area contributed by atoms with Crippen molar-refractivity contribution in [1.82, 2.24) is 10.2 Å². The number of rotatable bonds is 7. The van der Waals surface area contributed by atoms with Crippen LogP contribution in [0.5, 0.6) is 0 Å². The summed E-state index contributed by atoms with van der Waals surface area (Å²) in [7, 11) is 0. The second-order valence-corrected chi connectivity index (χ2v) is 16.7. The van der Waals surface area contributed by atoms with Crippen molar-refractivity contribution in [2.24, 2.45) is 65.1 Å². The number of halogens is 3. The van der Waals surface area contributed by atoms with Gasteiger partial charge in [0.1, 0.15) is 0 Å². The number of nitrogens with zero attached hydrogens (tertiary/aromatic N) is 1. The molecular weight excluding hydrogens is 581 g/mol. The van der Waals surface area contributed by atoms with Gasteiger partial charge in [-0.25, -0.2) is 0 Å². The summed E-state index contributed by atoms with van der Waals surface area (Å²) >= 11 is 0. The molecule has 4 fully saturated rings. The Bertz CT molecular complexity index is 1140. The number of alkyl halides is 3. The van der Waals surface area contributed by atoms with E-state index >= 15 is 0 Å². The Morgan fingerprint density at radius 3 is 2.50 bits per heavy atom. The molecule has 46 heavy (non-hydrogen) atoms. The Kier molecular flexibility index (Phi) is 11.3. The van der Waals surface area contributed by atoms with E-state index in [1.165, 1.54) is 31.3 Å². The molecule has 0 aromatic carbocycles. The third-order valence-electron chi connectivity index (χ3n) is 13.6. The van der Waals surface area contributed by atoms with Gasteiger partial charge in [0.05, 0.1) is 12.0 Å². The molecule has 3 nitrogen and oxygen atoms in total. The minimum absolute atomic E-state index is 0.109. The summed E-state index contributed by atoms with van der Waals surface area (Å²) in [6.45, 7) is 11.7. The van der Waals surface area contributed by atoms with Crippen LogP contribution in [0.1, 0.15) is 97.8 Å². The maximum Gasteiger partial charge on any atom is 0.392 e. The van der Waals surface area contributed by atoms with Crippen LogP contribution in [0, 0.1) is 65.1 Å². The van der Waals surface area contributed by atoms with Crippen molar-refractivity contribution >= 4 is 0 Å². The molecule has 0 bridgehead atoms. The van der Waals surface area contributed by atoms with Crippen LogP contribution in [-0.2, 0) is 0 Å². The highest BCUT2D eigenvalue weighted by Gasteiger charge is 2.48. The highest BCUT2D eigenvalue weighted by atomic mass is 19.4. The molecule has 11 unspecified atom stereocenters. The van der Waals surface area contributed by atoms with Crippen molar-refractivity contribution < 1.29 is 18.3 Å². The minimum atomic E-state index is -4.16. The molecule has 0 aromatic rings. The van der Waals surface area contributed by atoms with Crippen molar-refractivity contribution in [3.8, 4) is 0 Å². The van der Waals surface area contributed by atoms with Crippen LogP contribution in [0.3, 0.4) is 0 Å². The van der Waals surface area contributed by atoms with Gasteiger partial charge in [0, 0.05) is 12.1 Å². The van der Waals surface area contributed by atoms with Crippen LogP contribution < -0.4 is 5.32 Å². The summed E-state index contributed by atoms with van der Waals surface area (Å²) < 4.78 is 42.9. The third-order valence-corrected chi connectivity index (χ3v) is 13.6. The fourth-order valence-corrected chi connectivity index (χ4v) is 10.3. The van der Waals surface area contributed by atoms with Gasteiger partial charge in [-0.15, -0.1) is 5.73 Å². The van der Waals surface area contributed by atoms with Gasteiger partial charge in [0.25, 0.3) is 0 Å². The van der Waals surface area contributed by atoms with E-state index < -0.39 is 18.2 Å². The summed E-state index contributed by atoms with van der Waals surface area (Å²) in [5.41, 5.74) is 6.72. The number of aliphatic hydroxyl groups is 1.